The van der Waals surface area contributed by atoms with Crippen molar-refractivity contribution in [3.8, 4) is 6.07 Å². The van der Waals surface area contributed by atoms with Gasteiger partial charge < -0.3 is 4.90 Å². The molecule has 1 saturated heterocycles. The minimum atomic E-state index is -0.282. The molecule has 18 heavy (non-hydrogen) atoms. The van der Waals surface area contributed by atoms with Crippen LogP contribution in [0.5, 0.6) is 0 Å². The number of carbonyl (C=O) groups is 1. The molecule has 3 rings (SSSR count). The van der Waals surface area contributed by atoms with Gasteiger partial charge in [0.2, 0.25) is 5.91 Å². The fraction of sp³-hybridized carbons (Fsp3) is 0.273. The Balaban J connectivity index is 2.15. The second kappa shape index (κ2) is 4.19. The minimum Gasteiger partial charge on any atom is -0.308 e. The number of hydrogen-bond acceptors (Lipinski definition) is 5. The first kappa shape index (κ1) is 11.4. The first-order valence-corrected chi connectivity index (χ1v) is 6.42. The van der Waals surface area contributed by atoms with E-state index in [4.69, 9.17) is 16.9 Å². The predicted octanol–water partition coefficient (Wildman–Crippen LogP) is 2.22. The number of nitriles is 1. The van der Waals surface area contributed by atoms with Crippen molar-refractivity contribution in [3.63, 3.8) is 0 Å². The van der Waals surface area contributed by atoms with Crippen molar-refractivity contribution in [1.82, 2.24) is 8.75 Å². The molecular weight excluding hydrogens is 272 g/mol. The van der Waals surface area contributed by atoms with E-state index in [-0.39, 0.29) is 18.2 Å². The van der Waals surface area contributed by atoms with Crippen LogP contribution < -0.4 is 4.90 Å². The Morgan fingerprint density at radius 3 is 3.06 bits per heavy atom. The zero-order valence-electron chi connectivity index (χ0n) is 9.13. The van der Waals surface area contributed by atoms with Gasteiger partial charge in [-0.3, -0.25) is 4.79 Å². The monoisotopic (exact) mass is 278 g/mol. The lowest BCUT2D eigenvalue weighted by molar-refractivity contribution is -0.117. The van der Waals surface area contributed by atoms with Gasteiger partial charge in [0.15, 0.2) is 0 Å². The molecule has 1 fully saturated rings. The third-order valence-corrected chi connectivity index (χ3v) is 3.78. The molecule has 1 atom stereocenters. The van der Waals surface area contributed by atoms with Gasteiger partial charge >= 0.3 is 0 Å². The van der Waals surface area contributed by atoms with Crippen LogP contribution in [0, 0.1) is 17.2 Å². The van der Waals surface area contributed by atoms with E-state index >= 15 is 0 Å². The fourth-order valence-corrected chi connectivity index (χ4v) is 2.87. The highest BCUT2D eigenvalue weighted by Crippen LogP contribution is 2.36. The van der Waals surface area contributed by atoms with E-state index in [2.05, 4.69) is 14.8 Å². The summed E-state index contributed by atoms with van der Waals surface area (Å²) in [6.07, 6.45) is 0.237. The maximum atomic E-state index is 11.9. The number of fused-ring (bicyclic) bond motifs is 1. The minimum absolute atomic E-state index is 0.0936. The van der Waals surface area contributed by atoms with Crippen molar-refractivity contribution in [1.29, 1.82) is 5.26 Å². The van der Waals surface area contributed by atoms with E-state index in [9.17, 15) is 4.79 Å². The molecule has 0 saturated carbocycles. The predicted molar refractivity (Wildman–Crippen MR) is 68.5 cm³/mol. The van der Waals surface area contributed by atoms with Gasteiger partial charge in [0.25, 0.3) is 0 Å². The molecule has 0 spiro atoms. The molecular formula is C11H7ClN4OS. The van der Waals surface area contributed by atoms with Crippen molar-refractivity contribution in [3.05, 3.63) is 17.2 Å². The molecule has 1 aromatic carbocycles. The summed E-state index contributed by atoms with van der Waals surface area (Å²) in [5.41, 5.74) is 1.91. The van der Waals surface area contributed by atoms with Crippen molar-refractivity contribution >= 4 is 46.0 Å². The van der Waals surface area contributed by atoms with Crippen LogP contribution in [0.3, 0.4) is 0 Å². The molecule has 1 aliphatic heterocycles. The van der Waals surface area contributed by atoms with E-state index in [1.54, 1.807) is 17.0 Å². The standard InChI is InChI=1S/C11H7ClN4OS/c12-7-1-2-8-10(15-18-14-8)11(7)16-5-6(4-13)3-9(16)17/h1-2,6H,3,5H2. The lowest BCUT2D eigenvalue weighted by atomic mass is 10.1. The molecule has 7 heteroatoms. The second-order valence-corrected chi connectivity index (χ2v) is 5.00. The topological polar surface area (TPSA) is 69.9 Å². The van der Waals surface area contributed by atoms with Gasteiger partial charge in [-0.15, -0.1) is 0 Å². The van der Waals surface area contributed by atoms with Crippen LogP contribution in [0.2, 0.25) is 5.02 Å². The summed E-state index contributed by atoms with van der Waals surface area (Å²) in [4.78, 5) is 13.5. The Morgan fingerprint density at radius 2 is 2.33 bits per heavy atom. The number of anilines is 1. The summed E-state index contributed by atoms with van der Waals surface area (Å²) in [6.45, 7) is 0.367. The highest BCUT2D eigenvalue weighted by Gasteiger charge is 2.33. The molecule has 90 valence electrons. The Labute approximate surface area is 112 Å². The SMILES string of the molecule is N#CC1CC(=O)N(c2c(Cl)ccc3nsnc23)C1. The molecule has 1 aliphatic rings. The molecule has 2 heterocycles. The summed E-state index contributed by atoms with van der Waals surface area (Å²) in [5, 5.41) is 9.36. The molecule has 0 radical (unpaired) electrons. The maximum absolute atomic E-state index is 11.9. The van der Waals surface area contributed by atoms with Crippen molar-refractivity contribution < 1.29 is 4.79 Å². The average Bonchev–Trinajstić information content (AvgIpc) is 2.96. The van der Waals surface area contributed by atoms with Crippen LogP contribution in [-0.2, 0) is 4.79 Å². The number of nitrogens with zero attached hydrogens (tertiary/aromatic N) is 4. The van der Waals surface area contributed by atoms with Crippen LogP contribution in [0.4, 0.5) is 5.69 Å². The molecule has 1 aromatic heterocycles. The first-order valence-electron chi connectivity index (χ1n) is 5.31. The van der Waals surface area contributed by atoms with E-state index in [1.165, 1.54) is 0 Å². The van der Waals surface area contributed by atoms with Gasteiger partial charge in [-0.05, 0) is 12.1 Å². The molecule has 2 aromatic rings. The quantitative estimate of drug-likeness (QED) is 0.802. The van der Waals surface area contributed by atoms with Crippen molar-refractivity contribution in [2.75, 3.05) is 11.4 Å². The number of rotatable bonds is 1. The zero-order valence-corrected chi connectivity index (χ0v) is 10.7. The largest absolute Gasteiger partial charge is 0.308 e. The van der Waals surface area contributed by atoms with Gasteiger partial charge in [-0.25, -0.2) is 0 Å². The molecule has 1 unspecified atom stereocenters. The van der Waals surface area contributed by atoms with Gasteiger partial charge in [0.1, 0.15) is 11.0 Å². The average molecular weight is 279 g/mol. The lowest BCUT2D eigenvalue weighted by Gasteiger charge is -2.17. The number of benzene rings is 1. The van der Waals surface area contributed by atoms with Crippen LogP contribution in [0.1, 0.15) is 6.42 Å². The van der Waals surface area contributed by atoms with E-state index in [0.717, 1.165) is 11.7 Å². The van der Waals surface area contributed by atoms with E-state index < -0.39 is 0 Å². The smallest absolute Gasteiger partial charge is 0.228 e. The Kier molecular flexibility index (Phi) is 2.65. The van der Waals surface area contributed by atoms with Crippen LogP contribution in [0.15, 0.2) is 12.1 Å². The summed E-state index contributed by atoms with van der Waals surface area (Å²) in [5.74, 6) is -0.376. The second-order valence-electron chi connectivity index (χ2n) is 4.06. The fourth-order valence-electron chi connectivity index (χ4n) is 2.08. The van der Waals surface area contributed by atoms with Crippen LogP contribution in [-0.4, -0.2) is 21.2 Å². The molecule has 0 aliphatic carbocycles. The lowest BCUT2D eigenvalue weighted by Crippen LogP contribution is -2.25. The van der Waals surface area contributed by atoms with Gasteiger partial charge in [0.05, 0.1) is 34.4 Å². The maximum Gasteiger partial charge on any atom is 0.228 e. The molecule has 5 nitrogen and oxygen atoms in total. The highest BCUT2D eigenvalue weighted by molar-refractivity contribution is 7.00. The van der Waals surface area contributed by atoms with Crippen LogP contribution >= 0.6 is 23.3 Å². The molecule has 0 N–H and O–H groups in total. The Bertz CT molecular complexity index is 677. The van der Waals surface area contributed by atoms with Gasteiger partial charge in [-0.2, -0.15) is 14.0 Å². The Hall–Kier alpha value is -1.71. The zero-order chi connectivity index (χ0) is 12.7. The van der Waals surface area contributed by atoms with Gasteiger partial charge in [0, 0.05) is 13.0 Å². The van der Waals surface area contributed by atoms with E-state index in [1.807, 2.05) is 0 Å². The third-order valence-electron chi connectivity index (χ3n) is 2.93. The number of amides is 1. The van der Waals surface area contributed by atoms with Crippen LogP contribution in [0.25, 0.3) is 11.0 Å². The van der Waals surface area contributed by atoms with E-state index in [0.29, 0.717) is 28.3 Å². The summed E-state index contributed by atoms with van der Waals surface area (Å²) < 4.78 is 8.30. The number of hydrogen-bond donors (Lipinski definition) is 0. The first-order chi connectivity index (χ1) is 8.70. The third kappa shape index (κ3) is 1.64. The number of halogens is 1. The van der Waals surface area contributed by atoms with Crippen molar-refractivity contribution in [2.24, 2.45) is 5.92 Å². The summed E-state index contributed by atoms with van der Waals surface area (Å²) >= 11 is 7.24. The highest BCUT2D eigenvalue weighted by atomic mass is 35.5. The summed E-state index contributed by atoms with van der Waals surface area (Å²) in [7, 11) is 0. The number of carbonyl (C=O) groups excluding carboxylic acids is 1. The van der Waals surface area contributed by atoms with Gasteiger partial charge in [-0.1, -0.05) is 11.6 Å². The summed E-state index contributed by atoms with van der Waals surface area (Å²) in [6, 6.07) is 5.59. The number of aromatic nitrogens is 2. The molecule has 1 amide bonds. The Morgan fingerprint density at radius 1 is 1.50 bits per heavy atom. The normalized spacial score (nSPS) is 19.4. The molecule has 0 bridgehead atoms. The van der Waals surface area contributed by atoms with Crippen molar-refractivity contribution in [2.45, 2.75) is 6.42 Å².